The Balaban J connectivity index is 0. The second-order valence-corrected chi connectivity index (χ2v) is 4.43. The van der Waals surface area contributed by atoms with Crippen molar-refractivity contribution in [3.05, 3.63) is 12.3 Å². The number of ether oxygens (including phenoxy) is 3. The quantitative estimate of drug-likeness (QED) is 0.233. The molecule has 0 saturated carbocycles. The Kier molecular flexibility index (Phi) is 17.2. The molecule has 0 aliphatic rings. The highest BCUT2D eigenvalue weighted by Crippen LogP contribution is 1.93. The average molecular weight is 351 g/mol. The van der Waals surface area contributed by atoms with E-state index in [9.17, 15) is 14.4 Å². The molecule has 9 nitrogen and oxygen atoms in total. The van der Waals surface area contributed by atoms with Gasteiger partial charge in [0, 0.05) is 46.9 Å². The molecule has 0 radical (unpaired) electrons. The zero-order valence-corrected chi connectivity index (χ0v) is 14.8. The first-order chi connectivity index (χ1) is 11.0. The minimum absolute atomic E-state index is 0.136. The number of hydrogen-bond donors (Lipinski definition) is 2. The predicted octanol–water partition coefficient (Wildman–Crippen LogP) is -0.650. The Hall–Kier alpha value is -1.62. The maximum Gasteiger partial charge on any atom is 0.261 e. The molecule has 0 rings (SSSR count). The van der Waals surface area contributed by atoms with E-state index >= 15 is 0 Å². The van der Waals surface area contributed by atoms with Crippen LogP contribution in [-0.4, -0.2) is 77.2 Å². The minimum atomic E-state index is -0.507. The largest absolute Gasteiger partial charge is 0.381 e. The van der Waals surface area contributed by atoms with Crippen LogP contribution in [0.3, 0.4) is 0 Å². The molecule has 0 bridgehead atoms. The Morgan fingerprint density at radius 1 is 1.26 bits per heavy atom. The van der Waals surface area contributed by atoms with Gasteiger partial charge in [-0.3, -0.25) is 24.0 Å². The van der Waals surface area contributed by atoms with Crippen LogP contribution < -0.4 is 10.0 Å². The van der Waals surface area contributed by atoms with Crippen molar-refractivity contribution in [1.29, 1.82) is 0 Å². The standard InChI is InChI=1S/C7H12N2O3.C6H13NO3S/c1-8-7(11)3-4-9(5-10)6-12-2;1-9-4-5(10-2)6(8)7-11-3/h3-5H,6H2,1-2H3,(H,8,11);5H,4H2,1-3H3,(H,7,8)/b4-3-;. The van der Waals surface area contributed by atoms with Crippen LogP contribution in [0.2, 0.25) is 0 Å². The van der Waals surface area contributed by atoms with Crippen LogP contribution in [0.4, 0.5) is 0 Å². The Morgan fingerprint density at radius 3 is 2.30 bits per heavy atom. The number of carbonyl (C=O) groups excluding carboxylic acids is 3. The van der Waals surface area contributed by atoms with E-state index in [1.807, 2.05) is 0 Å². The molecule has 0 aliphatic heterocycles. The number of carbonyl (C=O) groups is 3. The van der Waals surface area contributed by atoms with Crippen LogP contribution in [0.15, 0.2) is 12.3 Å². The van der Waals surface area contributed by atoms with Crippen LogP contribution in [0, 0.1) is 0 Å². The molecule has 2 N–H and O–H groups in total. The van der Waals surface area contributed by atoms with Crippen LogP contribution in [-0.2, 0) is 28.6 Å². The fraction of sp³-hybridized carbons (Fsp3) is 0.615. The summed E-state index contributed by atoms with van der Waals surface area (Å²) >= 11 is 1.24. The fourth-order valence-corrected chi connectivity index (χ4v) is 1.41. The molecule has 1 unspecified atom stereocenters. The highest BCUT2D eigenvalue weighted by molar-refractivity contribution is 7.97. The van der Waals surface area contributed by atoms with Gasteiger partial charge in [0.1, 0.15) is 6.73 Å². The summed E-state index contributed by atoms with van der Waals surface area (Å²) < 4.78 is 16.8. The summed E-state index contributed by atoms with van der Waals surface area (Å²) in [5.41, 5.74) is 0. The summed E-state index contributed by atoms with van der Waals surface area (Å²) in [4.78, 5) is 33.1. The van der Waals surface area contributed by atoms with E-state index in [4.69, 9.17) is 9.47 Å². The van der Waals surface area contributed by atoms with Gasteiger partial charge in [0.15, 0.2) is 6.10 Å². The first-order valence-electron chi connectivity index (χ1n) is 6.45. The van der Waals surface area contributed by atoms with E-state index in [1.165, 1.54) is 57.5 Å². The van der Waals surface area contributed by atoms with Gasteiger partial charge in [0.25, 0.3) is 5.91 Å². The lowest BCUT2D eigenvalue weighted by atomic mass is 10.4. The summed E-state index contributed by atoms with van der Waals surface area (Å²) in [7, 11) is 5.97. The first-order valence-corrected chi connectivity index (χ1v) is 7.67. The Morgan fingerprint density at radius 2 is 1.91 bits per heavy atom. The molecule has 134 valence electrons. The van der Waals surface area contributed by atoms with Gasteiger partial charge < -0.3 is 19.5 Å². The van der Waals surface area contributed by atoms with Crippen molar-refractivity contribution in [3.8, 4) is 0 Å². The number of nitrogens with zero attached hydrogens (tertiary/aromatic N) is 1. The van der Waals surface area contributed by atoms with Crippen molar-refractivity contribution in [2.75, 3.05) is 48.0 Å². The zero-order valence-electron chi connectivity index (χ0n) is 14.0. The van der Waals surface area contributed by atoms with Gasteiger partial charge in [-0.05, 0) is 0 Å². The number of likely N-dealkylation sites (N-methyl/N-ethyl adjacent to an activating group) is 1. The van der Waals surface area contributed by atoms with Crippen molar-refractivity contribution in [3.63, 3.8) is 0 Å². The molecule has 1 atom stereocenters. The SMILES string of the molecule is CNC(=O)/C=C\N(C=O)COC.COCC(OC)C(=O)NSC. The highest BCUT2D eigenvalue weighted by Gasteiger charge is 2.16. The third-order valence-corrected chi connectivity index (χ3v) is 2.58. The number of nitrogens with one attached hydrogen (secondary N) is 2. The lowest BCUT2D eigenvalue weighted by Crippen LogP contribution is -2.35. The first kappa shape index (κ1) is 23.6. The van der Waals surface area contributed by atoms with E-state index in [-0.39, 0.29) is 25.2 Å². The molecular weight excluding hydrogens is 326 g/mol. The van der Waals surface area contributed by atoms with Gasteiger partial charge in [0.2, 0.25) is 12.3 Å². The van der Waals surface area contributed by atoms with E-state index in [2.05, 4.69) is 14.8 Å². The highest BCUT2D eigenvalue weighted by atomic mass is 32.2. The molecule has 23 heavy (non-hydrogen) atoms. The van der Waals surface area contributed by atoms with Gasteiger partial charge in [-0.25, -0.2) is 0 Å². The van der Waals surface area contributed by atoms with Crippen LogP contribution >= 0.6 is 11.9 Å². The zero-order chi connectivity index (χ0) is 18.1. The molecule has 0 aromatic rings. The second-order valence-electron chi connectivity index (χ2n) is 3.82. The number of methoxy groups -OCH3 is 3. The Labute approximate surface area is 140 Å². The lowest BCUT2D eigenvalue weighted by molar-refractivity contribution is -0.131. The minimum Gasteiger partial charge on any atom is -0.381 e. The molecule has 0 fully saturated rings. The third-order valence-electron chi connectivity index (χ3n) is 2.17. The Bertz CT molecular complexity index is 368. The van der Waals surface area contributed by atoms with Crippen molar-refractivity contribution < 1.29 is 28.6 Å². The van der Waals surface area contributed by atoms with Gasteiger partial charge >= 0.3 is 0 Å². The monoisotopic (exact) mass is 351 g/mol. The number of rotatable bonds is 10. The van der Waals surface area contributed by atoms with Gasteiger partial charge in [-0.2, -0.15) is 0 Å². The lowest BCUT2D eigenvalue weighted by Gasteiger charge is -2.12. The van der Waals surface area contributed by atoms with Crippen molar-refractivity contribution in [2.45, 2.75) is 6.10 Å². The van der Waals surface area contributed by atoms with Crippen LogP contribution in [0.5, 0.6) is 0 Å². The molecule has 0 aromatic heterocycles. The molecule has 0 aliphatic carbocycles. The maximum atomic E-state index is 11.0. The summed E-state index contributed by atoms with van der Waals surface area (Å²) in [6.07, 6.45) is 4.43. The van der Waals surface area contributed by atoms with E-state index in [0.29, 0.717) is 6.41 Å². The summed E-state index contributed by atoms with van der Waals surface area (Å²) in [5, 5.41) is 2.38. The smallest absolute Gasteiger partial charge is 0.261 e. The summed E-state index contributed by atoms with van der Waals surface area (Å²) in [6.45, 7) is 0.417. The molecule has 0 saturated heterocycles. The van der Waals surface area contributed by atoms with Crippen molar-refractivity contribution in [1.82, 2.24) is 14.9 Å². The molecule has 0 spiro atoms. The normalized spacial score (nSPS) is 11.2. The third kappa shape index (κ3) is 13.7. The molecule has 0 aromatic carbocycles. The van der Waals surface area contributed by atoms with Crippen LogP contribution in [0.1, 0.15) is 0 Å². The maximum absolute atomic E-state index is 11.0. The second kappa shape index (κ2) is 16.7. The van der Waals surface area contributed by atoms with Crippen molar-refractivity contribution in [2.24, 2.45) is 0 Å². The predicted molar refractivity (Wildman–Crippen MR) is 87.3 cm³/mol. The number of amides is 3. The van der Waals surface area contributed by atoms with Crippen molar-refractivity contribution >= 4 is 30.2 Å². The van der Waals surface area contributed by atoms with E-state index in [0.717, 1.165) is 0 Å². The number of hydrogen-bond acceptors (Lipinski definition) is 7. The average Bonchev–Trinajstić information content (AvgIpc) is 2.56. The van der Waals surface area contributed by atoms with E-state index < -0.39 is 6.10 Å². The molecule has 0 heterocycles. The summed E-state index contributed by atoms with van der Waals surface area (Å²) in [5.74, 6) is -0.431. The summed E-state index contributed by atoms with van der Waals surface area (Å²) in [6, 6.07) is 0. The fourth-order valence-electron chi connectivity index (χ4n) is 1.07. The van der Waals surface area contributed by atoms with Crippen LogP contribution in [0.25, 0.3) is 0 Å². The van der Waals surface area contributed by atoms with Gasteiger partial charge in [0.05, 0.1) is 6.61 Å². The molecular formula is C13H25N3O6S. The molecule has 3 amide bonds. The van der Waals surface area contributed by atoms with E-state index in [1.54, 1.807) is 6.26 Å². The van der Waals surface area contributed by atoms with Gasteiger partial charge in [-0.1, -0.05) is 11.9 Å². The molecule has 10 heteroatoms. The van der Waals surface area contributed by atoms with Gasteiger partial charge in [-0.15, -0.1) is 0 Å². The topological polar surface area (TPSA) is 106 Å².